The molecule has 1 atom stereocenters. The van der Waals surface area contributed by atoms with E-state index in [0.29, 0.717) is 66.2 Å². The minimum absolute atomic E-state index is 0.140. The number of rotatable bonds is 9. The number of hydrogen-bond acceptors (Lipinski definition) is 6. The van der Waals surface area contributed by atoms with Gasteiger partial charge in [0.2, 0.25) is 0 Å². The lowest BCUT2D eigenvalue weighted by molar-refractivity contribution is -0.137. The summed E-state index contributed by atoms with van der Waals surface area (Å²) in [7, 11) is 0. The van der Waals surface area contributed by atoms with E-state index in [1.165, 1.54) is 24.3 Å². The Labute approximate surface area is 277 Å². The maximum Gasteiger partial charge on any atom is 0.305 e. The van der Waals surface area contributed by atoms with Gasteiger partial charge in [-0.3, -0.25) is 19.2 Å². The second-order valence-corrected chi connectivity index (χ2v) is 11.6. The molecule has 1 fully saturated rings. The molecule has 4 aromatic rings. The predicted octanol–water partition coefficient (Wildman–Crippen LogP) is 5.56. The highest BCUT2D eigenvalue weighted by molar-refractivity contribution is 6.07. The first-order valence-electron chi connectivity index (χ1n) is 15.5. The van der Waals surface area contributed by atoms with Crippen molar-refractivity contribution in [3.8, 4) is 6.07 Å². The van der Waals surface area contributed by atoms with Crippen LogP contribution < -0.4 is 15.5 Å². The first-order chi connectivity index (χ1) is 23.1. The molecule has 3 amide bonds. The van der Waals surface area contributed by atoms with Crippen LogP contribution in [0.2, 0.25) is 0 Å². The van der Waals surface area contributed by atoms with Gasteiger partial charge in [0.05, 0.1) is 35.5 Å². The van der Waals surface area contributed by atoms with Crippen LogP contribution in [-0.2, 0) is 4.79 Å². The van der Waals surface area contributed by atoms with E-state index in [9.17, 15) is 28.7 Å². The minimum Gasteiger partial charge on any atom is -0.481 e. The van der Waals surface area contributed by atoms with Gasteiger partial charge in [-0.05, 0) is 85.6 Å². The van der Waals surface area contributed by atoms with Crippen molar-refractivity contribution in [1.29, 1.82) is 5.26 Å². The van der Waals surface area contributed by atoms with Crippen molar-refractivity contribution in [1.82, 2.24) is 10.2 Å². The molecular formula is C37H34FN5O5. The zero-order chi connectivity index (χ0) is 34.2. The number of hydrogen-bond donors (Lipinski definition) is 3. The van der Waals surface area contributed by atoms with Crippen molar-refractivity contribution in [3.05, 3.63) is 130 Å². The third-order valence-corrected chi connectivity index (χ3v) is 8.13. The zero-order valence-corrected chi connectivity index (χ0v) is 26.3. The van der Waals surface area contributed by atoms with Gasteiger partial charge in [-0.2, -0.15) is 5.26 Å². The molecule has 4 aromatic carbocycles. The van der Waals surface area contributed by atoms with Crippen molar-refractivity contribution in [2.75, 3.05) is 36.4 Å². The Hall–Kier alpha value is -6.02. The predicted molar refractivity (Wildman–Crippen MR) is 178 cm³/mol. The van der Waals surface area contributed by atoms with E-state index in [2.05, 4.69) is 16.7 Å². The summed E-state index contributed by atoms with van der Waals surface area (Å²) in [4.78, 5) is 55.6. The number of nitrogens with zero attached hydrogens (tertiary/aromatic N) is 3. The summed E-state index contributed by atoms with van der Waals surface area (Å²) in [6.07, 6.45) is 0.224. The summed E-state index contributed by atoms with van der Waals surface area (Å²) in [6.45, 7) is 3.81. The third kappa shape index (κ3) is 8.22. The Kier molecular flexibility index (Phi) is 10.5. The van der Waals surface area contributed by atoms with Gasteiger partial charge in [-0.25, -0.2) is 4.39 Å². The van der Waals surface area contributed by atoms with E-state index in [0.717, 1.165) is 5.56 Å². The fraction of sp³-hybridized carbons (Fsp3) is 0.216. The number of halogens is 1. The Bertz CT molecular complexity index is 1870. The number of anilines is 2. The maximum atomic E-state index is 13.5. The molecule has 0 radical (unpaired) electrons. The second-order valence-electron chi connectivity index (χ2n) is 11.6. The van der Waals surface area contributed by atoms with Crippen molar-refractivity contribution in [3.63, 3.8) is 0 Å². The number of aryl methyl sites for hydroxylation is 1. The number of nitrogens with one attached hydrogen (secondary N) is 2. The van der Waals surface area contributed by atoms with E-state index in [1.807, 2.05) is 17.9 Å². The second kappa shape index (κ2) is 15.0. The number of amides is 3. The molecule has 244 valence electrons. The number of benzene rings is 4. The number of aliphatic carboxylic acids is 1. The number of carboxylic acids is 1. The fourth-order valence-electron chi connectivity index (χ4n) is 5.63. The zero-order valence-electron chi connectivity index (χ0n) is 26.3. The molecule has 10 nitrogen and oxygen atoms in total. The van der Waals surface area contributed by atoms with Crippen molar-refractivity contribution in [2.24, 2.45) is 0 Å². The van der Waals surface area contributed by atoms with Gasteiger partial charge in [-0.1, -0.05) is 29.8 Å². The van der Waals surface area contributed by atoms with Crippen LogP contribution in [0.15, 0.2) is 91.0 Å². The number of carbonyl (C=O) groups is 4. The summed E-state index contributed by atoms with van der Waals surface area (Å²) >= 11 is 0. The molecule has 3 N–H and O–H groups in total. The van der Waals surface area contributed by atoms with Gasteiger partial charge >= 0.3 is 5.97 Å². The van der Waals surface area contributed by atoms with Gasteiger partial charge in [0.1, 0.15) is 5.82 Å². The number of carbonyl (C=O) groups excluding carboxylic acids is 3. The van der Waals surface area contributed by atoms with E-state index >= 15 is 0 Å². The third-order valence-electron chi connectivity index (χ3n) is 8.13. The first kappa shape index (κ1) is 33.3. The molecule has 1 saturated heterocycles. The molecule has 1 aliphatic rings. The van der Waals surface area contributed by atoms with Crippen LogP contribution in [-0.4, -0.2) is 59.9 Å². The van der Waals surface area contributed by atoms with E-state index < -0.39 is 30.2 Å². The highest BCUT2D eigenvalue weighted by Gasteiger charge is 2.25. The Morgan fingerprint density at radius 1 is 0.854 bits per heavy atom. The van der Waals surface area contributed by atoms with Crippen LogP contribution >= 0.6 is 0 Å². The highest BCUT2D eigenvalue weighted by atomic mass is 19.1. The molecule has 1 heterocycles. The molecule has 0 aromatic heterocycles. The standard InChI is InChI=1S/C37H34FN5O5/c1-24-4-2-5-28(20-24)35(46)41-32-21-29(36(47)40-31(22-34(44)45)26-10-13-30(38)14-11-26)12-15-33(32)42-16-3-17-43(19-18-42)37(48)27-8-6-25(23-39)7-9-27/h2,4-15,20-21,31H,3,16-19,22H2,1H3,(H,40,47)(H,41,46)(H,44,45). The van der Waals surface area contributed by atoms with Gasteiger partial charge in [-0.15, -0.1) is 0 Å². The smallest absolute Gasteiger partial charge is 0.305 e. The minimum atomic E-state index is -1.14. The molecule has 1 aliphatic heterocycles. The fourth-order valence-corrected chi connectivity index (χ4v) is 5.63. The van der Waals surface area contributed by atoms with Crippen molar-refractivity contribution < 1.29 is 28.7 Å². The average molecular weight is 648 g/mol. The summed E-state index contributed by atoms with van der Waals surface area (Å²) in [5.74, 6) is -2.71. The van der Waals surface area contributed by atoms with Gasteiger partial charge in [0.15, 0.2) is 0 Å². The normalized spacial score (nSPS) is 13.5. The van der Waals surface area contributed by atoms with Crippen LogP contribution in [0.4, 0.5) is 15.8 Å². The van der Waals surface area contributed by atoms with Crippen LogP contribution in [0.25, 0.3) is 0 Å². The maximum absolute atomic E-state index is 13.5. The van der Waals surface area contributed by atoms with Gasteiger partial charge in [0, 0.05) is 42.9 Å². The first-order valence-corrected chi connectivity index (χ1v) is 15.5. The monoisotopic (exact) mass is 647 g/mol. The van der Waals surface area contributed by atoms with Crippen molar-refractivity contribution in [2.45, 2.75) is 25.8 Å². The van der Waals surface area contributed by atoms with Gasteiger partial charge < -0.3 is 25.5 Å². The molecule has 0 saturated carbocycles. The summed E-state index contributed by atoms with van der Waals surface area (Å²) in [6, 6.07) is 24.9. The summed E-state index contributed by atoms with van der Waals surface area (Å²) < 4.78 is 13.5. The molecule has 1 unspecified atom stereocenters. The van der Waals surface area contributed by atoms with Crippen LogP contribution in [0.3, 0.4) is 0 Å². The quantitative estimate of drug-likeness (QED) is 0.216. The highest BCUT2D eigenvalue weighted by Crippen LogP contribution is 2.30. The summed E-state index contributed by atoms with van der Waals surface area (Å²) in [5.41, 5.74) is 3.94. The van der Waals surface area contributed by atoms with E-state index in [-0.39, 0.29) is 17.4 Å². The molecule has 0 bridgehead atoms. The van der Waals surface area contributed by atoms with E-state index in [1.54, 1.807) is 65.6 Å². The number of carboxylic acid groups (broad SMARTS) is 1. The lowest BCUT2D eigenvalue weighted by Crippen LogP contribution is -2.35. The topological polar surface area (TPSA) is 143 Å². The summed E-state index contributed by atoms with van der Waals surface area (Å²) in [5, 5.41) is 24.3. The SMILES string of the molecule is Cc1cccc(C(=O)Nc2cc(C(=O)NC(CC(=O)O)c3ccc(F)cc3)ccc2N2CCCN(C(=O)c3ccc(C#N)cc3)CC2)c1. The van der Waals surface area contributed by atoms with Crippen molar-refractivity contribution >= 4 is 35.1 Å². The lowest BCUT2D eigenvalue weighted by atomic mass is 10.0. The lowest BCUT2D eigenvalue weighted by Gasteiger charge is -2.27. The molecule has 5 rings (SSSR count). The largest absolute Gasteiger partial charge is 0.481 e. The Morgan fingerprint density at radius 2 is 1.56 bits per heavy atom. The molecule has 0 aliphatic carbocycles. The van der Waals surface area contributed by atoms with Crippen LogP contribution in [0.5, 0.6) is 0 Å². The van der Waals surface area contributed by atoms with Gasteiger partial charge in [0.25, 0.3) is 17.7 Å². The average Bonchev–Trinajstić information content (AvgIpc) is 3.34. The van der Waals surface area contributed by atoms with E-state index in [4.69, 9.17) is 5.26 Å². The number of nitriles is 1. The molecule has 48 heavy (non-hydrogen) atoms. The molecule has 0 spiro atoms. The Balaban J connectivity index is 1.41. The molecule has 11 heteroatoms. The Morgan fingerprint density at radius 3 is 2.25 bits per heavy atom. The van der Waals surface area contributed by atoms with Crippen LogP contribution in [0, 0.1) is 24.1 Å². The molecular weight excluding hydrogens is 613 g/mol. The van der Waals surface area contributed by atoms with Crippen LogP contribution in [0.1, 0.15) is 66.6 Å².